The Labute approximate surface area is 148 Å². The number of hydrogen-bond acceptors (Lipinski definition) is 5. The van der Waals surface area contributed by atoms with Crippen LogP contribution in [0.25, 0.3) is 10.8 Å². The number of carbonyl (C=O) groups is 1. The highest BCUT2D eigenvalue weighted by Gasteiger charge is 2.17. The van der Waals surface area contributed by atoms with Crippen molar-refractivity contribution in [3.8, 4) is 0 Å². The van der Waals surface area contributed by atoms with Gasteiger partial charge in [-0.25, -0.2) is 10.1 Å². The highest BCUT2D eigenvalue weighted by Crippen LogP contribution is 2.15. The van der Waals surface area contributed by atoms with Gasteiger partial charge in [0.1, 0.15) is 0 Å². The molecule has 25 heavy (non-hydrogen) atoms. The van der Waals surface area contributed by atoms with Crippen molar-refractivity contribution in [2.45, 2.75) is 26.8 Å². The van der Waals surface area contributed by atoms with Crippen LogP contribution in [0.5, 0.6) is 0 Å². The Morgan fingerprint density at radius 1 is 1.24 bits per heavy atom. The van der Waals surface area contributed by atoms with Crippen LogP contribution in [-0.2, 0) is 0 Å². The van der Waals surface area contributed by atoms with Crippen LogP contribution < -0.4 is 11.0 Å². The fourth-order valence-corrected chi connectivity index (χ4v) is 3.20. The van der Waals surface area contributed by atoms with Crippen LogP contribution in [0.4, 0.5) is 0 Å². The third kappa shape index (κ3) is 3.51. The summed E-state index contributed by atoms with van der Waals surface area (Å²) in [5.74, 6) is -0.449. The highest BCUT2D eigenvalue weighted by molar-refractivity contribution is 7.13. The molecule has 0 atom stereocenters. The van der Waals surface area contributed by atoms with E-state index in [2.05, 4.69) is 15.6 Å². The van der Waals surface area contributed by atoms with Crippen LogP contribution in [0.15, 0.2) is 46.3 Å². The molecule has 3 rings (SSSR count). The molecule has 0 saturated heterocycles. The van der Waals surface area contributed by atoms with E-state index in [4.69, 9.17) is 0 Å². The van der Waals surface area contributed by atoms with Gasteiger partial charge in [-0.1, -0.05) is 18.2 Å². The van der Waals surface area contributed by atoms with Gasteiger partial charge in [0.05, 0.1) is 17.6 Å². The summed E-state index contributed by atoms with van der Waals surface area (Å²) < 4.78 is 1.32. The monoisotopic (exact) mass is 354 g/mol. The highest BCUT2D eigenvalue weighted by atomic mass is 32.1. The zero-order valence-corrected chi connectivity index (χ0v) is 15.0. The number of nitrogens with one attached hydrogen (secondary N) is 1. The maximum Gasteiger partial charge on any atom is 0.292 e. The van der Waals surface area contributed by atoms with Gasteiger partial charge in [-0.2, -0.15) is 10.2 Å². The lowest BCUT2D eigenvalue weighted by Crippen LogP contribution is -2.30. The molecular weight excluding hydrogens is 336 g/mol. The molecule has 1 N–H and O–H groups in total. The zero-order valence-electron chi connectivity index (χ0n) is 14.2. The Bertz CT molecular complexity index is 1020. The fourth-order valence-electron chi connectivity index (χ4n) is 2.45. The summed E-state index contributed by atoms with van der Waals surface area (Å²) in [6.45, 7) is 5.70. The molecule has 0 bridgehead atoms. The van der Waals surface area contributed by atoms with Gasteiger partial charge >= 0.3 is 0 Å². The maximum atomic E-state index is 12.5. The van der Waals surface area contributed by atoms with Crippen molar-refractivity contribution < 1.29 is 4.79 Å². The van der Waals surface area contributed by atoms with Gasteiger partial charge in [0.15, 0.2) is 5.69 Å². The van der Waals surface area contributed by atoms with Crippen LogP contribution >= 0.6 is 11.3 Å². The first-order chi connectivity index (χ1) is 12.0. The second kappa shape index (κ2) is 6.98. The Morgan fingerprint density at radius 3 is 2.60 bits per heavy atom. The summed E-state index contributed by atoms with van der Waals surface area (Å²) in [5, 5.41) is 9.23. The van der Waals surface area contributed by atoms with Crippen molar-refractivity contribution in [3.05, 3.63) is 62.2 Å². The largest absolute Gasteiger partial charge is 0.292 e. The molecule has 0 radical (unpaired) electrons. The molecule has 1 aromatic carbocycles. The lowest BCUT2D eigenvalue weighted by molar-refractivity contribution is 0.0949. The van der Waals surface area contributed by atoms with Gasteiger partial charge in [0, 0.05) is 15.1 Å². The molecule has 0 saturated carbocycles. The van der Waals surface area contributed by atoms with Crippen LogP contribution in [-0.4, -0.2) is 21.9 Å². The van der Waals surface area contributed by atoms with Gasteiger partial charge in [0.2, 0.25) is 0 Å². The fraction of sp³-hybridized carbons (Fsp3) is 0.222. The Hall–Kier alpha value is -2.80. The quantitative estimate of drug-likeness (QED) is 0.578. The Kier molecular flexibility index (Phi) is 4.76. The topological polar surface area (TPSA) is 76.3 Å². The minimum absolute atomic E-state index is 0.152. The number of thiophene rings is 1. The molecule has 0 aliphatic heterocycles. The number of rotatable bonds is 4. The third-order valence-corrected chi connectivity index (χ3v) is 4.59. The SMILES string of the molecule is Cc1ccc(/C=N\NC(=O)c2nn(C(C)C)c(=O)c3ccccc23)s1. The van der Waals surface area contributed by atoms with Crippen molar-refractivity contribution in [1.82, 2.24) is 15.2 Å². The van der Waals surface area contributed by atoms with Gasteiger partial charge in [-0.3, -0.25) is 9.59 Å². The summed E-state index contributed by atoms with van der Waals surface area (Å²) in [6.07, 6.45) is 1.59. The lowest BCUT2D eigenvalue weighted by atomic mass is 10.1. The summed E-state index contributed by atoms with van der Waals surface area (Å²) in [4.78, 5) is 27.1. The van der Waals surface area contributed by atoms with E-state index < -0.39 is 5.91 Å². The number of amides is 1. The van der Waals surface area contributed by atoms with Crippen LogP contribution in [0.2, 0.25) is 0 Å². The van der Waals surface area contributed by atoms with E-state index in [1.54, 1.807) is 41.8 Å². The van der Waals surface area contributed by atoms with Crippen molar-refractivity contribution >= 4 is 34.2 Å². The average Bonchev–Trinajstić information content (AvgIpc) is 3.00. The second-order valence-electron chi connectivity index (χ2n) is 5.89. The molecule has 6 nitrogen and oxygen atoms in total. The maximum absolute atomic E-state index is 12.5. The standard InChI is InChI=1S/C18H18N4O2S/c1-11(2)22-18(24)15-7-5-4-6-14(15)16(21-22)17(23)20-19-10-13-9-8-12(3)25-13/h4-11H,1-3H3,(H,20,23)/b19-10-. The summed E-state index contributed by atoms with van der Waals surface area (Å²) in [5.41, 5.74) is 2.47. The summed E-state index contributed by atoms with van der Waals surface area (Å²) in [7, 11) is 0. The Balaban J connectivity index is 1.96. The number of aryl methyl sites for hydroxylation is 1. The van der Waals surface area contributed by atoms with E-state index in [1.807, 2.05) is 32.9 Å². The minimum atomic E-state index is -0.449. The first kappa shape index (κ1) is 17.0. The number of carbonyl (C=O) groups excluding carboxylic acids is 1. The number of hydrazone groups is 1. The number of hydrogen-bond donors (Lipinski definition) is 1. The van der Waals surface area contributed by atoms with Gasteiger partial charge < -0.3 is 0 Å². The number of benzene rings is 1. The first-order valence-corrected chi connectivity index (χ1v) is 8.70. The molecule has 3 aromatic rings. The van der Waals surface area contributed by atoms with Gasteiger partial charge in [-0.15, -0.1) is 11.3 Å². The number of fused-ring (bicyclic) bond motifs is 1. The van der Waals surface area contributed by atoms with Crippen LogP contribution in [0, 0.1) is 6.92 Å². The van der Waals surface area contributed by atoms with Gasteiger partial charge in [0.25, 0.3) is 11.5 Å². The van der Waals surface area contributed by atoms with Gasteiger partial charge in [-0.05, 0) is 39.0 Å². The van der Waals surface area contributed by atoms with Crippen molar-refractivity contribution in [3.63, 3.8) is 0 Å². The zero-order chi connectivity index (χ0) is 18.0. The molecule has 0 aliphatic rings. The predicted molar refractivity (Wildman–Crippen MR) is 101 cm³/mol. The molecule has 0 fully saturated rings. The summed E-state index contributed by atoms with van der Waals surface area (Å²) >= 11 is 1.58. The molecular formula is C18H18N4O2S. The molecule has 7 heteroatoms. The van der Waals surface area contributed by atoms with Crippen LogP contribution in [0.1, 0.15) is 40.1 Å². The smallest absolute Gasteiger partial charge is 0.267 e. The molecule has 128 valence electrons. The molecule has 1 amide bonds. The van der Waals surface area contributed by atoms with E-state index in [0.29, 0.717) is 10.8 Å². The molecule has 0 aliphatic carbocycles. The molecule has 0 spiro atoms. The van der Waals surface area contributed by atoms with E-state index in [1.165, 1.54) is 9.56 Å². The van der Waals surface area contributed by atoms with E-state index >= 15 is 0 Å². The lowest BCUT2D eigenvalue weighted by Gasteiger charge is -2.12. The van der Waals surface area contributed by atoms with E-state index in [0.717, 1.165) is 4.88 Å². The Morgan fingerprint density at radius 2 is 1.96 bits per heavy atom. The minimum Gasteiger partial charge on any atom is -0.267 e. The number of aromatic nitrogens is 2. The van der Waals surface area contributed by atoms with Crippen molar-refractivity contribution in [1.29, 1.82) is 0 Å². The first-order valence-electron chi connectivity index (χ1n) is 7.89. The number of nitrogens with zero attached hydrogens (tertiary/aromatic N) is 3. The van der Waals surface area contributed by atoms with Crippen LogP contribution in [0.3, 0.4) is 0 Å². The van der Waals surface area contributed by atoms with E-state index in [-0.39, 0.29) is 17.3 Å². The third-order valence-electron chi connectivity index (χ3n) is 3.65. The average molecular weight is 354 g/mol. The summed E-state index contributed by atoms with van der Waals surface area (Å²) in [6, 6.07) is 10.7. The van der Waals surface area contributed by atoms with Crippen molar-refractivity contribution in [2.75, 3.05) is 0 Å². The molecule has 2 heterocycles. The second-order valence-corrected chi connectivity index (χ2v) is 7.20. The van der Waals surface area contributed by atoms with Crippen molar-refractivity contribution in [2.24, 2.45) is 5.10 Å². The van der Waals surface area contributed by atoms with E-state index in [9.17, 15) is 9.59 Å². The predicted octanol–water partition coefficient (Wildman–Crippen LogP) is 3.11. The molecule has 2 aromatic heterocycles. The molecule has 0 unspecified atom stereocenters. The normalized spacial score (nSPS) is 11.5.